The number of carbonyl (C=O) groups excluding carboxylic acids is 2. The van der Waals surface area contributed by atoms with Gasteiger partial charge in [0, 0.05) is 0 Å². The highest BCUT2D eigenvalue weighted by atomic mass is 16.5. The first-order valence-corrected chi connectivity index (χ1v) is 15.2. The summed E-state index contributed by atoms with van der Waals surface area (Å²) in [6.45, 7) is 2.21. The Balaban J connectivity index is 1.32. The van der Waals surface area contributed by atoms with Crippen LogP contribution in [0.5, 0.6) is 11.5 Å². The highest BCUT2D eigenvalue weighted by Crippen LogP contribution is 2.51. The third kappa shape index (κ3) is 6.48. The molecule has 2 heterocycles. The van der Waals surface area contributed by atoms with Gasteiger partial charge in [-0.25, -0.2) is 0 Å². The number of para-hydroxylation sites is 1. The molecule has 3 aromatic carbocycles. The largest absolute Gasteiger partial charge is 0.508 e. The molecular weight excluding hydrogens is 572 g/mol. The fraction of sp³-hybridized carbons (Fsp3) is 0.294. The van der Waals surface area contributed by atoms with Crippen molar-refractivity contribution in [3.8, 4) is 11.5 Å². The van der Waals surface area contributed by atoms with Crippen molar-refractivity contribution >= 4 is 43.3 Å². The average Bonchev–Trinajstić information content (AvgIpc) is 3.28. The maximum Gasteiger partial charge on any atom is 0.488 e. The number of fused-ring (bicyclic) bond motifs is 3. The number of aromatic hydroxyl groups is 1. The fourth-order valence-electron chi connectivity index (χ4n) is 6.99. The van der Waals surface area contributed by atoms with Crippen molar-refractivity contribution in [3.63, 3.8) is 0 Å². The minimum Gasteiger partial charge on any atom is -0.508 e. The second kappa shape index (κ2) is 13.1. The summed E-state index contributed by atoms with van der Waals surface area (Å²) in [5.41, 5.74) is 4.19. The summed E-state index contributed by atoms with van der Waals surface area (Å²) in [5.74, 6) is -1.64. The van der Waals surface area contributed by atoms with Crippen LogP contribution in [0.4, 0.5) is 5.69 Å². The van der Waals surface area contributed by atoms with E-state index in [1.807, 2.05) is 49.4 Å². The van der Waals surface area contributed by atoms with E-state index < -0.39 is 38.1 Å². The number of amides is 2. The molecule has 0 radical (unpaired) electrons. The Morgan fingerprint density at radius 3 is 2.56 bits per heavy atom. The van der Waals surface area contributed by atoms with Crippen molar-refractivity contribution in [2.75, 3.05) is 11.5 Å². The lowest BCUT2D eigenvalue weighted by molar-refractivity contribution is -0.122. The molecule has 230 valence electrons. The van der Waals surface area contributed by atoms with Gasteiger partial charge in [0.25, 0.3) is 0 Å². The number of hydrogen-bond donors (Lipinski definition) is 4. The summed E-state index contributed by atoms with van der Waals surface area (Å²) in [6, 6.07) is 22.5. The summed E-state index contributed by atoms with van der Waals surface area (Å²) in [6.07, 6.45) is 3.16. The molecule has 0 bridgehead atoms. The smallest absolute Gasteiger partial charge is 0.488 e. The molecule has 45 heavy (non-hydrogen) atoms. The van der Waals surface area contributed by atoms with E-state index in [4.69, 9.17) is 9.39 Å². The van der Waals surface area contributed by atoms with Gasteiger partial charge in [0.15, 0.2) is 0 Å². The van der Waals surface area contributed by atoms with Crippen LogP contribution in [0.3, 0.4) is 0 Å². The molecular formula is C34H35B2NO8. The van der Waals surface area contributed by atoms with Gasteiger partial charge in [-0.05, 0) is 97.0 Å². The molecule has 0 aromatic heterocycles. The number of anilines is 1. The lowest BCUT2D eigenvalue weighted by Crippen LogP contribution is -2.46. The topological polar surface area (TPSA) is 137 Å². The number of rotatable bonds is 9. The van der Waals surface area contributed by atoms with Crippen molar-refractivity contribution in [1.29, 1.82) is 0 Å². The zero-order chi connectivity index (χ0) is 31.7. The Hall–Kier alpha value is -4.15. The Morgan fingerprint density at radius 2 is 1.80 bits per heavy atom. The number of phenols is 1. The second-order valence-electron chi connectivity index (χ2n) is 12.0. The predicted molar refractivity (Wildman–Crippen MR) is 171 cm³/mol. The van der Waals surface area contributed by atoms with Gasteiger partial charge in [-0.1, -0.05) is 54.1 Å². The Kier molecular flexibility index (Phi) is 8.96. The van der Waals surface area contributed by atoms with Crippen LogP contribution in [0, 0.1) is 17.8 Å². The minimum absolute atomic E-state index is 0.169. The van der Waals surface area contributed by atoms with Gasteiger partial charge in [0.1, 0.15) is 18.1 Å². The van der Waals surface area contributed by atoms with E-state index >= 15 is 0 Å². The van der Waals surface area contributed by atoms with E-state index in [0.717, 1.165) is 27.2 Å². The standard InChI is InChI=1S/C34H35B2NO8/c1-21(15-22-7-5-10-26(38)16-22)13-14-30-31-23(20-44-27-11-3-2-4-12-27)17-28-32(29(31)19-35(41)45-30)34(40)37(33(28)39)25-9-6-8-24(18-25)36(42)43/h2-12,15-16,18,28-30,32,38,41-43H,13-14,17,19-20H2,1H3/b21-15+/t28-,29+,30-,32-/m1/s1. The van der Waals surface area contributed by atoms with Crippen molar-refractivity contribution in [2.24, 2.45) is 17.8 Å². The Labute approximate surface area is 262 Å². The fourth-order valence-corrected chi connectivity index (χ4v) is 6.99. The summed E-state index contributed by atoms with van der Waals surface area (Å²) in [5, 5.41) is 40.2. The van der Waals surface area contributed by atoms with Gasteiger partial charge in [0.05, 0.1) is 23.6 Å². The average molecular weight is 607 g/mol. The number of carbonyl (C=O) groups is 2. The van der Waals surface area contributed by atoms with Crippen LogP contribution in [0.15, 0.2) is 95.6 Å². The monoisotopic (exact) mass is 607 g/mol. The summed E-state index contributed by atoms with van der Waals surface area (Å²) < 4.78 is 12.3. The van der Waals surface area contributed by atoms with Crippen molar-refractivity contribution in [1.82, 2.24) is 0 Å². The number of ether oxygens (including phenoxy) is 1. The molecule has 1 aliphatic carbocycles. The number of hydrogen-bond acceptors (Lipinski definition) is 8. The zero-order valence-corrected chi connectivity index (χ0v) is 25.0. The summed E-state index contributed by atoms with van der Waals surface area (Å²) in [7, 11) is -2.86. The van der Waals surface area contributed by atoms with E-state index in [2.05, 4.69) is 0 Å². The molecule has 2 amide bonds. The number of imide groups is 1. The van der Waals surface area contributed by atoms with Crippen LogP contribution in [-0.4, -0.2) is 58.9 Å². The highest BCUT2D eigenvalue weighted by molar-refractivity contribution is 6.58. The summed E-state index contributed by atoms with van der Waals surface area (Å²) in [4.78, 5) is 29.1. The molecule has 0 spiro atoms. The second-order valence-corrected chi connectivity index (χ2v) is 12.0. The SMILES string of the molecule is C/C(=C\c1cccc(O)c1)CC[C@H]1OB(O)C[C@H]2C1=C(COc1ccccc1)C[C@H]1C(=O)N(c3cccc(B(O)O)c3)C(=O)[C@H]12. The molecule has 9 nitrogen and oxygen atoms in total. The molecule has 3 aromatic rings. The molecule has 6 rings (SSSR count). The van der Waals surface area contributed by atoms with Crippen LogP contribution < -0.4 is 15.1 Å². The molecule has 4 N–H and O–H groups in total. The third-order valence-corrected chi connectivity index (χ3v) is 8.97. The molecule has 11 heteroatoms. The molecule has 4 atom stereocenters. The van der Waals surface area contributed by atoms with Crippen molar-refractivity contribution in [3.05, 3.63) is 101 Å². The lowest BCUT2D eigenvalue weighted by atomic mass is 9.58. The van der Waals surface area contributed by atoms with Crippen molar-refractivity contribution < 1.29 is 39.2 Å². The van der Waals surface area contributed by atoms with Gasteiger partial charge >= 0.3 is 14.2 Å². The number of allylic oxidation sites excluding steroid dienone is 1. The van der Waals surface area contributed by atoms with Gasteiger partial charge in [-0.3, -0.25) is 14.5 Å². The number of benzene rings is 3. The van der Waals surface area contributed by atoms with Gasteiger partial charge in [-0.2, -0.15) is 0 Å². The maximum absolute atomic E-state index is 14.1. The summed E-state index contributed by atoms with van der Waals surface area (Å²) >= 11 is 0. The van der Waals surface area contributed by atoms with Crippen LogP contribution >= 0.6 is 0 Å². The van der Waals surface area contributed by atoms with E-state index in [1.54, 1.807) is 30.3 Å². The zero-order valence-electron chi connectivity index (χ0n) is 25.0. The quantitative estimate of drug-likeness (QED) is 0.165. The van der Waals surface area contributed by atoms with Gasteiger partial charge < -0.3 is 29.6 Å². The van der Waals surface area contributed by atoms with Gasteiger partial charge in [0.2, 0.25) is 11.8 Å². The first kappa shape index (κ1) is 30.9. The molecule has 0 saturated carbocycles. The van der Waals surface area contributed by atoms with Gasteiger partial charge in [-0.15, -0.1) is 0 Å². The minimum atomic E-state index is -1.74. The molecule has 2 fully saturated rings. The van der Waals surface area contributed by atoms with Crippen LogP contribution in [0.1, 0.15) is 31.7 Å². The number of nitrogens with zero attached hydrogens (tertiary/aromatic N) is 1. The van der Waals surface area contributed by atoms with E-state index in [-0.39, 0.29) is 41.6 Å². The Morgan fingerprint density at radius 1 is 1.02 bits per heavy atom. The van der Waals surface area contributed by atoms with E-state index in [1.165, 1.54) is 12.1 Å². The molecule has 2 saturated heterocycles. The lowest BCUT2D eigenvalue weighted by Gasteiger charge is -2.43. The van der Waals surface area contributed by atoms with Crippen LogP contribution in [0.2, 0.25) is 6.32 Å². The van der Waals surface area contributed by atoms with E-state index in [0.29, 0.717) is 25.0 Å². The first-order valence-electron chi connectivity index (χ1n) is 15.2. The van der Waals surface area contributed by atoms with Crippen molar-refractivity contribution in [2.45, 2.75) is 38.6 Å². The predicted octanol–water partition coefficient (Wildman–Crippen LogP) is 3.34. The number of phenolic OH excluding ortho intramolecular Hbond substituents is 1. The first-order chi connectivity index (χ1) is 21.7. The maximum atomic E-state index is 14.1. The molecule has 0 unspecified atom stereocenters. The Bertz CT molecular complexity index is 1640. The van der Waals surface area contributed by atoms with E-state index in [9.17, 15) is 29.8 Å². The van der Waals surface area contributed by atoms with Crippen LogP contribution in [0.25, 0.3) is 6.08 Å². The normalized spacial score (nSPS) is 23.2. The molecule has 3 aliphatic rings. The molecule has 2 aliphatic heterocycles. The third-order valence-electron chi connectivity index (χ3n) is 8.97. The van der Waals surface area contributed by atoms with Crippen LogP contribution in [-0.2, 0) is 14.2 Å². The highest BCUT2D eigenvalue weighted by Gasteiger charge is 2.57.